The molecule has 0 heterocycles. The summed E-state index contributed by atoms with van der Waals surface area (Å²) >= 11 is 0. The van der Waals surface area contributed by atoms with Gasteiger partial charge in [0.15, 0.2) is 0 Å². The summed E-state index contributed by atoms with van der Waals surface area (Å²) in [5, 5.41) is 0. The highest BCUT2D eigenvalue weighted by Crippen LogP contribution is 2.28. The van der Waals surface area contributed by atoms with Gasteiger partial charge in [-0.15, -0.1) is 0 Å². The van der Waals surface area contributed by atoms with Crippen LogP contribution < -0.4 is 9.64 Å². The summed E-state index contributed by atoms with van der Waals surface area (Å²) in [5.74, 6) is -0.326. The smallest absolute Gasteiger partial charge is 0.347 e. The van der Waals surface area contributed by atoms with Crippen LogP contribution in [0.3, 0.4) is 0 Å². The lowest BCUT2D eigenvalue weighted by molar-refractivity contribution is -0.166. The van der Waals surface area contributed by atoms with E-state index in [0.717, 1.165) is 17.0 Å². The molecule has 1 aromatic rings. The predicted octanol–water partition coefficient (Wildman–Crippen LogP) is 1.80. The molecule has 0 aliphatic rings. The Morgan fingerprint density at radius 3 is 2.45 bits per heavy atom. The molecule has 22 heavy (non-hydrogen) atoms. The number of esters is 2. The van der Waals surface area contributed by atoms with Crippen LogP contribution in [0.4, 0.5) is 5.69 Å². The van der Waals surface area contributed by atoms with Gasteiger partial charge < -0.3 is 19.1 Å². The second-order valence-electron chi connectivity index (χ2n) is 4.95. The van der Waals surface area contributed by atoms with Crippen LogP contribution >= 0.6 is 0 Å². The molecular formula is C16H23NO5. The summed E-state index contributed by atoms with van der Waals surface area (Å²) in [4.78, 5) is 25.0. The first kappa shape index (κ1) is 17.8. The first-order chi connectivity index (χ1) is 10.4. The topological polar surface area (TPSA) is 65.1 Å². The number of methoxy groups -OCH3 is 1. The molecule has 1 rings (SSSR count). The normalized spacial score (nSPS) is 11.5. The van der Waals surface area contributed by atoms with Gasteiger partial charge in [-0.2, -0.15) is 0 Å². The van der Waals surface area contributed by atoms with Gasteiger partial charge in [0, 0.05) is 27.4 Å². The van der Waals surface area contributed by atoms with E-state index in [-0.39, 0.29) is 13.0 Å². The Balaban J connectivity index is 2.99. The first-order valence-corrected chi connectivity index (χ1v) is 7.07. The highest BCUT2D eigenvalue weighted by Gasteiger charge is 2.24. The van der Waals surface area contributed by atoms with Crippen molar-refractivity contribution in [1.82, 2.24) is 0 Å². The van der Waals surface area contributed by atoms with E-state index in [1.807, 2.05) is 37.2 Å². The number of rotatable bonds is 7. The molecule has 0 aliphatic heterocycles. The number of benzene rings is 1. The monoisotopic (exact) mass is 309 g/mol. The number of nitrogens with zero attached hydrogens (tertiary/aromatic N) is 1. The van der Waals surface area contributed by atoms with Gasteiger partial charge in [-0.1, -0.05) is 6.07 Å². The lowest BCUT2D eigenvalue weighted by Crippen LogP contribution is -2.30. The number of hydrogen-bond acceptors (Lipinski definition) is 6. The maximum absolute atomic E-state index is 11.9. The van der Waals surface area contributed by atoms with Crippen LogP contribution in [0.15, 0.2) is 18.2 Å². The van der Waals surface area contributed by atoms with Gasteiger partial charge in [-0.25, -0.2) is 4.79 Å². The lowest BCUT2D eigenvalue weighted by atomic mass is 10.1. The van der Waals surface area contributed by atoms with E-state index in [0.29, 0.717) is 0 Å². The van der Waals surface area contributed by atoms with Crippen LogP contribution in [0.5, 0.6) is 5.75 Å². The first-order valence-electron chi connectivity index (χ1n) is 7.07. The molecule has 0 amide bonds. The van der Waals surface area contributed by atoms with Crippen LogP contribution in [0, 0.1) is 0 Å². The minimum Gasteiger partial charge on any atom is -0.495 e. The zero-order valence-corrected chi connectivity index (χ0v) is 13.7. The zero-order valence-electron chi connectivity index (χ0n) is 13.7. The van der Waals surface area contributed by atoms with Crippen molar-refractivity contribution in [2.24, 2.45) is 0 Å². The highest BCUT2D eigenvalue weighted by molar-refractivity contribution is 5.79. The maximum atomic E-state index is 11.9. The number of ether oxygens (including phenoxy) is 3. The molecule has 1 aromatic carbocycles. The van der Waals surface area contributed by atoms with E-state index in [4.69, 9.17) is 14.2 Å². The molecule has 0 aliphatic carbocycles. The van der Waals surface area contributed by atoms with E-state index in [1.54, 1.807) is 14.0 Å². The van der Waals surface area contributed by atoms with Crippen LogP contribution in [-0.4, -0.2) is 45.9 Å². The lowest BCUT2D eigenvalue weighted by Gasteiger charge is -2.19. The average Bonchev–Trinajstić information content (AvgIpc) is 2.46. The number of carbonyl (C=O) groups is 2. The molecule has 0 bridgehead atoms. The van der Waals surface area contributed by atoms with E-state index in [1.165, 1.54) is 6.92 Å². The van der Waals surface area contributed by atoms with Gasteiger partial charge in [0.25, 0.3) is 0 Å². The van der Waals surface area contributed by atoms with Crippen molar-refractivity contribution in [2.45, 2.75) is 26.4 Å². The molecule has 1 atom stereocenters. The highest BCUT2D eigenvalue weighted by atomic mass is 16.6. The van der Waals surface area contributed by atoms with Crippen molar-refractivity contribution in [1.29, 1.82) is 0 Å². The summed E-state index contributed by atoms with van der Waals surface area (Å²) in [6.07, 6.45) is -0.690. The molecule has 1 unspecified atom stereocenters. The third-order valence-electron chi connectivity index (χ3n) is 3.00. The van der Waals surface area contributed by atoms with E-state index in [9.17, 15) is 9.59 Å². The SMILES string of the molecule is CCOC(=O)C(Cc1ccc(OC)c(N(C)C)c1)OC(C)=O. The fourth-order valence-corrected chi connectivity index (χ4v) is 2.03. The van der Waals surface area contributed by atoms with E-state index >= 15 is 0 Å². The number of anilines is 1. The Morgan fingerprint density at radius 1 is 1.27 bits per heavy atom. The molecule has 0 spiro atoms. The summed E-state index contributed by atoms with van der Waals surface area (Å²) in [6, 6.07) is 5.55. The van der Waals surface area contributed by atoms with Crippen molar-refractivity contribution >= 4 is 17.6 Å². The zero-order chi connectivity index (χ0) is 16.7. The van der Waals surface area contributed by atoms with Crippen molar-refractivity contribution in [3.63, 3.8) is 0 Å². The molecule has 0 N–H and O–H groups in total. The quantitative estimate of drug-likeness (QED) is 0.716. The fourth-order valence-electron chi connectivity index (χ4n) is 2.03. The molecule has 122 valence electrons. The van der Waals surface area contributed by atoms with Crippen LogP contribution in [0.25, 0.3) is 0 Å². The Bertz CT molecular complexity index is 527. The Labute approximate surface area is 131 Å². The minimum absolute atomic E-state index is 0.238. The van der Waals surface area contributed by atoms with Crippen LogP contribution in [0.1, 0.15) is 19.4 Å². The number of hydrogen-bond donors (Lipinski definition) is 0. The Hall–Kier alpha value is -2.24. The average molecular weight is 309 g/mol. The maximum Gasteiger partial charge on any atom is 0.347 e. The fraction of sp³-hybridized carbons (Fsp3) is 0.500. The van der Waals surface area contributed by atoms with Crippen molar-refractivity contribution < 1.29 is 23.8 Å². The molecule has 0 radical (unpaired) electrons. The van der Waals surface area contributed by atoms with Gasteiger partial charge in [0.05, 0.1) is 19.4 Å². The molecule has 0 fully saturated rings. The van der Waals surface area contributed by atoms with Crippen molar-refractivity contribution in [2.75, 3.05) is 32.7 Å². The predicted molar refractivity (Wildman–Crippen MR) is 83.2 cm³/mol. The largest absolute Gasteiger partial charge is 0.495 e. The molecule has 0 aromatic heterocycles. The van der Waals surface area contributed by atoms with Gasteiger partial charge in [-0.3, -0.25) is 4.79 Å². The second-order valence-corrected chi connectivity index (χ2v) is 4.95. The molecular weight excluding hydrogens is 286 g/mol. The van der Waals surface area contributed by atoms with Crippen molar-refractivity contribution in [3.05, 3.63) is 23.8 Å². The van der Waals surface area contributed by atoms with Gasteiger partial charge in [-0.05, 0) is 24.6 Å². The van der Waals surface area contributed by atoms with Crippen LogP contribution in [0.2, 0.25) is 0 Å². The third kappa shape index (κ3) is 4.95. The van der Waals surface area contributed by atoms with Crippen molar-refractivity contribution in [3.8, 4) is 5.75 Å². The molecule has 6 nitrogen and oxygen atoms in total. The minimum atomic E-state index is -0.944. The standard InChI is InChI=1S/C16H23NO5/c1-6-21-16(19)15(22-11(2)18)10-12-7-8-14(20-5)13(9-12)17(3)4/h7-9,15H,6,10H2,1-5H3. The number of carbonyl (C=O) groups excluding carboxylic acids is 2. The molecule has 0 saturated heterocycles. The van der Waals surface area contributed by atoms with Crippen LogP contribution in [-0.2, 0) is 25.5 Å². The second kappa shape index (κ2) is 8.26. The Morgan fingerprint density at radius 2 is 1.95 bits per heavy atom. The van der Waals surface area contributed by atoms with Gasteiger partial charge >= 0.3 is 11.9 Å². The summed E-state index contributed by atoms with van der Waals surface area (Å²) in [5.41, 5.74) is 1.73. The summed E-state index contributed by atoms with van der Waals surface area (Å²) in [6.45, 7) is 3.22. The summed E-state index contributed by atoms with van der Waals surface area (Å²) < 4.78 is 15.3. The third-order valence-corrected chi connectivity index (χ3v) is 3.00. The molecule has 6 heteroatoms. The van der Waals surface area contributed by atoms with E-state index < -0.39 is 18.0 Å². The van der Waals surface area contributed by atoms with Gasteiger partial charge in [0.2, 0.25) is 6.10 Å². The molecule has 0 saturated carbocycles. The Kier molecular flexibility index (Phi) is 6.69. The van der Waals surface area contributed by atoms with E-state index in [2.05, 4.69) is 0 Å². The summed E-state index contributed by atoms with van der Waals surface area (Å²) in [7, 11) is 5.40. The van der Waals surface area contributed by atoms with Gasteiger partial charge in [0.1, 0.15) is 5.75 Å².